The number of nitrogens with two attached hydrogens (primary N) is 2. The van der Waals surface area contributed by atoms with Gasteiger partial charge < -0.3 is 21.9 Å². The molecule has 0 spiro atoms. The van der Waals surface area contributed by atoms with Gasteiger partial charge in [-0.1, -0.05) is 24.3 Å². The largest absolute Gasteiger partial charge is 0.480 e. The second kappa shape index (κ2) is 7.75. The van der Waals surface area contributed by atoms with E-state index in [4.69, 9.17) is 16.6 Å². The molecule has 4 aliphatic carbocycles. The van der Waals surface area contributed by atoms with E-state index in [2.05, 4.69) is 20.3 Å². The fourth-order valence-corrected chi connectivity index (χ4v) is 6.50. The van der Waals surface area contributed by atoms with Gasteiger partial charge in [0.2, 0.25) is 11.9 Å². The van der Waals surface area contributed by atoms with Gasteiger partial charge in [0.1, 0.15) is 6.04 Å². The van der Waals surface area contributed by atoms with Crippen molar-refractivity contribution in [1.82, 2.24) is 15.0 Å². The summed E-state index contributed by atoms with van der Waals surface area (Å²) in [5.41, 5.74) is 13.6. The van der Waals surface area contributed by atoms with Crippen LogP contribution in [-0.2, 0) is 11.2 Å². The van der Waals surface area contributed by atoms with Crippen LogP contribution in [0.3, 0.4) is 0 Å². The molecule has 0 radical (unpaired) electrons. The highest BCUT2D eigenvalue weighted by Gasteiger charge is 2.50. The predicted molar refractivity (Wildman–Crippen MR) is 118 cm³/mol. The summed E-state index contributed by atoms with van der Waals surface area (Å²) in [6, 6.07) is 6.50. The van der Waals surface area contributed by atoms with E-state index >= 15 is 0 Å². The quantitative estimate of drug-likeness (QED) is 0.534. The number of carbonyl (C=O) groups is 1. The van der Waals surface area contributed by atoms with Gasteiger partial charge in [-0.3, -0.25) is 4.79 Å². The summed E-state index contributed by atoms with van der Waals surface area (Å²) in [5.74, 6) is 2.92. The van der Waals surface area contributed by atoms with E-state index in [0.29, 0.717) is 17.2 Å². The van der Waals surface area contributed by atoms with Crippen LogP contribution in [0.2, 0.25) is 0 Å². The van der Waals surface area contributed by atoms with Crippen molar-refractivity contribution in [1.29, 1.82) is 0 Å². The molecule has 8 nitrogen and oxygen atoms in total. The molecule has 2 aromatic rings. The lowest BCUT2D eigenvalue weighted by Gasteiger charge is -2.56. The first-order valence-electron chi connectivity index (χ1n) is 11.2. The number of nitrogens with zero attached hydrogens (tertiary/aromatic N) is 3. The smallest absolute Gasteiger partial charge is 0.320 e. The predicted octanol–water partition coefficient (Wildman–Crippen LogP) is 2.70. The van der Waals surface area contributed by atoms with Crippen LogP contribution < -0.4 is 16.8 Å². The third-order valence-corrected chi connectivity index (χ3v) is 7.42. The van der Waals surface area contributed by atoms with Crippen molar-refractivity contribution < 1.29 is 9.90 Å². The Balaban J connectivity index is 1.29. The molecular formula is C23H30N6O2. The summed E-state index contributed by atoms with van der Waals surface area (Å²) in [7, 11) is 0. The molecule has 4 saturated carbocycles. The number of nitrogen functional groups attached to an aromatic ring is 1. The SMILES string of the molecule is Nc1nc(NCC23CC4CC(CC(C4)C2)C3)nc(-c2ccc(C[C@H](N)C(=O)O)cc2)n1. The van der Waals surface area contributed by atoms with E-state index in [-0.39, 0.29) is 12.4 Å². The number of nitrogens with one attached hydrogen (secondary N) is 1. The zero-order chi connectivity index (χ0) is 21.6. The monoisotopic (exact) mass is 422 g/mol. The molecule has 4 fully saturated rings. The van der Waals surface area contributed by atoms with Crippen molar-refractivity contribution in [3.63, 3.8) is 0 Å². The lowest BCUT2D eigenvalue weighted by Crippen LogP contribution is -2.49. The first kappa shape index (κ1) is 20.2. The highest BCUT2D eigenvalue weighted by atomic mass is 16.4. The molecule has 6 rings (SSSR count). The minimum Gasteiger partial charge on any atom is -0.480 e. The molecule has 1 aromatic carbocycles. The summed E-state index contributed by atoms with van der Waals surface area (Å²) >= 11 is 0. The normalized spacial score (nSPS) is 29.6. The van der Waals surface area contributed by atoms with Crippen LogP contribution in [0.15, 0.2) is 24.3 Å². The molecule has 0 aliphatic heterocycles. The molecule has 1 aromatic heterocycles. The summed E-state index contributed by atoms with van der Waals surface area (Å²) in [6.45, 7) is 0.894. The molecule has 1 heterocycles. The van der Waals surface area contributed by atoms with Crippen molar-refractivity contribution in [2.75, 3.05) is 17.6 Å². The molecule has 164 valence electrons. The summed E-state index contributed by atoms with van der Waals surface area (Å²) in [4.78, 5) is 24.2. The molecule has 8 heteroatoms. The number of carboxylic acid groups (broad SMARTS) is 1. The Labute approximate surface area is 181 Å². The van der Waals surface area contributed by atoms with Gasteiger partial charge in [0.25, 0.3) is 0 Å². The van der Waals surface area contributed by atoms with Crippen molar-refractivity contribution >= 4 is 17.9 Å². The van der Waals surface area contributed by atoms with Gasteiger partial charge in [-0.05, 0) is 73.7 Å². The van der Waals surface area contributed by atoms with Crippen LogP contribution in [0.5, 0.6) is 0 Å². The molecule has 0 unspecified atom stereocenters. The highest BCUT2D eigenvalue weighted by molar-refractivity contribution is 5.73. The molecule has 31 heavy (non-hydrogen) atoms. The van der Waals surface area contributed by atoms with Crippen LogP contribution >= 0.6 is 0 Å². The van der Waals surface area contributed by atoms with Crippen LogP contribution in [0.25, 0.3) is 11.4 Å². The number of benzene rings is 1. The van der Waals surface area contributed by atoms with Crippen molar-refractivity contribution in [3.05, 3.63) is 29.8 Å². The topological polar surface area (TPSA) is 140 Å². The third-order valence-electron chi connectivity index (χ3n) is 7.42. The van der Waals surface area contributed by atoms with E-state index in [0.717, 1.165) is 35.4 Å². The minimum atomic E-state index is -1.01. The Morgan fingerprint density at radius 1 is 1.06 bits per heavy atom. The van der Waals surface area contributed by atoms with E-state index in [1.165, 1.54) is 38.5 Å². The fraction of sp³-hybridized carbons (Fsp3) is 0.565. The number of hydrogen-bond donors (Lipinski definition) is 4. The maximum atomic E-state index is 11.0. The molecule has 6 N–H and O–H groups in total. The van der Waals surface area contributed by atoms with Gasteiger partial charge in [-0.15, -0.1) is 0 Å². The second-order valence-electron chi connectivity index (χ2n) is 9.96. The lowest BCUT2D eigenvalue weighted by molar-refractivity contribution is -0.138. The van der Waals surface area contributed by atoms with E-state index in [1.54, 1.807) is 0 Å². The zero-order valence-corrected chi connectivity index (χ0v) is 17.6. The van der Waals surface area contributed by atoms with Crippen molar-refractivity contribution in [2.24, 2.45) is 28.9 Å². The lowest BCUT2D eigenvalue weighted by atomic mass is 9.49. The molecular weight excluding hydrogens is 392 g/mol. The first-order chi connectivity index (χ1) is 14.9. The second-order valence-corrected chi connectivity index (χ2v) is 9.96. The average Bonchev–Trinajstić information content (AvgIpc) is 2.71. The van der Waals surface area contributed by atoms with E-state index in [1.807, 2.05) is 24.3 Å². The fourth-order valence-electron chi connectivity index (χ4n) is 6.50. The summed E-state index contributed by atoms with van der Waals surface area (Å²) < 4.78 is 0. The Morgan fingerprint density at radius 3 is 2.26 bits per heavy atom. The number of rotatable bonds is 7. The van der Waals surface area contributed by atoms with Gasteiger partial charge in [-0.2, -0.15) is 15.0 Å². The number of aromatic nitrogens is 3. The average molecular weight is 423 g/mol. The molecule has 4 bridgehead atoms. The van der Waals surface area contributed by atoms with Gasteiger partial charge in [0, 0.05) is 12.1 Å². The Kier molecular flexibility index (Phi) is 5.04. The Morgan fingerprint density at radius 2 is 1.68 bits per heavy atom. The summed E-state index contributed by atoms with van der Waals surface area (Å²) in [5, 5.41) is 12.5. The standard InChI is InChI=1S/C23H30N6O2/c24-18(20(30)31)8-13-1-3-17(4-2-13)19-27-21(25)29-22(28-19)26-12-23-9-14-5-15(10-23)7-16(6-14)11-23/h1-4,14-16,18H,5-12,24H2,(H,30,31)(H3,25,26,27,28,29)/t14?,15?,16?,18-,23?/m0/s1. The van der Waals surface area contributed by atoms with Crippen molar-refractivity contribution in [3.8, 4) is 11.4 Å². The van der Waals surface area contributed by atoms with Gasteiger partial charge >= 0.3 is 5.97 Å². The number of hydrogen-bond acceptors (Lipinski definition) is 7. The molecule has 1 atom stereocenters. The maximum Gasteiger partial charge on any atom is 0.320 e. The van der Waals surface area contributed by atoms with E-state index < -0.39 is 12.0 Å². The highest BCUT2D eigenvalue weighted by Crippen LogP contribution is 2.59. The molecule has 0 saturated heterocycles. The van der Waals surface area contributed by atoms with Gasteiger partial charge in [-0.25, -0.2) is 0 Å². The van der Waals surface area contributed by atoms with Crippen LogP contribution in [0, 0.1) is 23.2 Å². The first-order valence-corrected chi connectivity index (χ1v) is 11.2. The zero-order valence-electron chi connectivity index (χ0n) is 17.6. The maximum absolute atomic E-state index is 11.0. The van der Waals surface area contributed by atoms with Crippen LogP contribution in [0.4, 0.5) is 11.9 Å². The summed E-state index contributed by atoms with van der Waals surface area (Å²) in [6.07, 6.45) is 8.51. The van der Waals surface area contributed by atoms with Crippen molar-refractivity contribution in [2.45, 2.75) is 51.0 Å². The molecule has 0 amide bonds. The van der Waals surface area contributed by atoms with Crippen LogP contribution in [0.1, 0.15) is 44.1 Å². The number of carboxylic acids is 1. The molecule has 4 aliphatic rings. The third kappa shape index (κ3) is 4.21. The van der Waals surface area contributed by atoms with E-state index in [9.17, 15) is 4.79 Å². The van der Waals surface area contributed by atoms with Crippen LogP contribution in [-0.4, -0.2) is 38.6 Å². The van der Waals surface area contributed by atoms with Gasteiger partial charge in [0.15, 0.2) is 5.82 Å². The van der Waals surface area contributed by atoms with Gasteiger partial charge in [0.05, 0.1) is 0 Å². The Hall–Kier alpha value is -2.74. The number of aliphatic carboxylic acids is 1. The minimum absolute atomic E-state index is 0.190. The number of anilines is 2. The Bertz CT molecular complexity index is 941.